The van der Waals surface area contributed by atoms with Gasteiger partial charge in [0.15, 0.2) is 6.29 Å². The molecule has 458 valence electrons. The Balaban J connectivity index is 0.00000547. The molecule has 3 aromatic carbocycles. The zero-order valence-corrected chi connectivity index (χ0v) is 51.0. The predicted octanol–water partition coefficient (Wildman–Crippen LogP) is 9.35. The van der Waals surface area contributed by atoms with Crippen LogP contribution < -0.4 is 38.1 Å². The van der Waals surface area contributed by atoms with Gasteiger partial charge in [0.1, 0.15) is 49.0 Å². The van der Waals surface area contributed by atoms with E-state index in [1.54, 1.807) is 24.3 Å². The highest BCUT2D eigenvalue weighted by Gasteiger charge is 2.51. The van der Waals surface area contributed by atoms with Gasteiger partial charge in [-0.2, -0.15) is 0 Å². The van der Waals surface area contributed by atoms with Gasteiger partial charge >= 0.3 is 6.09 Å². The first-order valence-corrected chi connectivity index (χ1v) is 30.7. The van der Waals surface area contributed by atoms with Crippen LogP contribution >= 0.6 is 8.58 Å². The number of amides is 3. The Morgan fingerprint density at radius 2 is 1.45 bits per heavy atom. The van der Waals surface area contributed by atoms with Crippen molar-refractivity contribution in [3.63, 3.8) is 0 Å². The molecule has 2 aliphatic carbocycles. The molecule has 4 aliphatic rings. The summed E-state index contributed by atoms with van der Waals surface area (Å²) in [6.07, 6.45) is -2.21. The number of aliphatic hydroxyl groups is 2. The molecule has 11 N–H and O–H groups in total. The normalized spacial score (nSPS) is 25.0. The van der Waals surface area contributed by atoms with Crippen LogP contribution in [0.5, 0.6) is 0 Å². The third kappa shape index (κ3) is 21.6. The van der Waals surface area contributed by atoms with Crippen LogP contribution in [0, 0.1) is 23.7 Å². The largest absolute Gasteiger partial charge is 0.494 e. The van der Waals surface area contributed by atoms with E-state index in [-0.39, 0.29) is 58.0 Å². The number of nitrogens with one attached hydrogen (secondary N) is 5. The van der Waals surface area contributed by atoms with Crippen LogP contribution in [0.25, 0.3) is 0 Å². The Morgan fingerprint density at radius 3 is 2.08 bits per heavy atom. The molecule has 0 bridgehead atoms. The molecule has 3 fully saturated rings. The predicted molar refractivity (Wildman–Crippen MR) is 326 cm³/mol. The summed E-state index contributed by atoms with van der Waals surface area (Å²) in [5, 5.41) is 40.0. The van der Waals surface area contributed by atoms with Crippen LogP contribution in [-0.2, 0) is 57.3 Å². The third-order valence-corrected chi connectivity index (χ3v) is 16.2. The summed E-state index contributed by atoms with van der Waals surface area (Å²) in [4.78, 5) is 42.0. The van der Waals surface area contributed by atoms with Gasteiger partial charge in [0, 0.05) is 42.9 Å². The van der Waals surface area contributed by atoms with Crippen molar-refractivity contribution in [3.8, 4) is 0 Å². The molecule has 2 saturated carbocycles. The Bertz CT molecular complexity index is 2560. The highest BCUT2D eigenvalue weighted by atomic mass is 31.1. The van der Waals surface area contributed by atoms with Gasteiger partial charge in [-0.15, -0.1) is 0 Å². The van der Waals surface area contributed by atoms with Crippen molar-refractivity contribution < 1.29 is 57.8 Å². The fourth-order valence-electron chi connectivity index (χ4n) is 10.2. The van der Waals surface area contributed by atoms with Gasteiger partial charge in [0.2, 0.25) is 17.8 Å². The Labute approximate surface area is 493 Å². The van der Waals surface area contributed by atoms with Crippen LogP contribution in [0.3, 0.4) is 0 Å². The first-order valence-electron chi connectivity index (χ1n) is 29.5. The second-order valence-corrected chi connectivity index (χ2v) is 24.2. The van der Waals surface area contributed by atoms with E-state index in [1.165, 1.54) is 0 Å². The van der Waals surface area contributed by atoms with E-state index < -0.39 is 72.7 Å². The van der Waals surface area contributed by atoms with Crippen LogP contribution in [0.15, 0.2) is 109 Å². The molecule has 0 radical (unpaired) electrons. The highest BCUT2D eigenvalue weighted by molar-refractivity contribution is 7.56. The van der Waals surface area contributed by atoms with Gasteiger partial charge in [0.25, 0.3) is 0 Å². The van der Waals surface area contributed by atoms with Crippen molar-refractivity contribution in [2.75, 3.05) is 43.5 Å². The molecule has 3 unspecified atom stereocenters. The third-order valence-electron chi connectivity index (χ3n) is 15.2. The average molecular weight is 1170 g/mol. The van der Waals surface area contributed by atoms with E-state index in [4.69, 9.17) is 44.6 Å². The lowest BCUT2D eigenvalue weighted by molar-refractivity contribution is -0.269. The minimum Gasteiger partial charge on any atom is -0.494 e. The molecule has 1 saturated heterocycles. The number of carbonyl (C=O) groups excluding carboxylic acids is 3. The minimum atomic E-state index is -1.59. The summed E-state index contributed by atoms with van der Waals surface area (Å²) in [5.74, 6) is 1.59. The first-order chi connectivity index (χ1) is 39.7. The molecule has 3 aromatic rings. The van der Waals surface area contributed by atoms with Gasteiger partial charge in [-0.05, 0) is 158 Å². The first kappa shape index (κ1) is 66.2. The van der Waals surface area contributed by atoms with Crippen molar-refractivity contribution >= 4 is 43.3 Å². The standard InChI is InChI=1S/C61H88N7O12P.C2H6/c1-36-32-75-53(28-48(36)38(3)39(4)80-61(5,6)7)78-55-50(66-57(71)52(69)11-9-10-37(2)74-33-41-14-20-44(62)21-15-41)29-51(67-59(72)76-34-42-18-24-46(64-8)25-19-42)56(54(55)70)79-58-49(27-26-47(77-58)31-65-30-40-12-13-40)68-60(73)81-35-43-16-22-45(63)23-17-43;1-2/h14-26,36,38,40,48-56,58,64-65,69-70,81H,2,4,9-13,27-35,62-63H2,1,3,5-8H3,(H,66,71)(H,67,72)(H,68,73);1-2H3/t36?,38?,48-,49-,50-,51+,52-,53-,54-,55+,56-,58-;/m1./s1. The van der Waals surface area contributed by atoms with Gasteiger partial charge in [-0.3, -0.25) is 9.59 Å². The Kier molecular flexibility index (Phi) is 25.8. The van der Waals surface area contributed by atoms with Gasteiger partial charge in [-0.1, -0.05) is 77.3 Å². The summed E-state index contributed by atoms with van der Waals surface area (Å²) < 4.78 is 44.6. The number of rotatable bonds is 28. The smallest absolute Gasteiger partial charge is 0.407 e. The van der Waals surface area contributed by atoms with E-state index in [2.05, 4.69) is 53.6 Å². The van der Waals surface area contributed by atoms with Gasteiger partial charge in [-0.25, -0.2) is 4.79 Å². The number of aliphatic hydroxyl groups excluding tert-OH is 2. The monoisotopic (exact) mass is 1170 g/mol. The zero-order valence-electron chi connectivity index (χ0n) is 50.0. The van der Waals surface area contributed by atoms with E-state index >= 15 is 0 Å². The van der Waals surface area contributed by atoms with Crippen LogP contribution in [0.4, 0.5) is 26.7 Å². The van der Waals surface area contributed by atoms with Crippen molar-refractivity contribution in [1.82, 2.24) is 21.3 Å². The van der Waals surface area contributed by atoms with E-state index in [9.17, 15) is 24.6 Å². The molecule has 2 heterocycles. The maximum Gasteiger partial charge on any atom is 0.407 e. The number of benzene rings is 3. The summed E-state index contributed by atoms with van der Waals surface area (Å²) in [7, 11) is 1.67. The average Bonchev–Trinajstić information content (AvgIpc) is 4.46. The molecular formula is C63H94N7O12P. The maximum absolute atomic E-state index is 14.2. The highest BCUT2D eigenvalue weighted by Crippen LogP contribution is 2.39. The van der Waals surface area contributed by atoms with E-state index in [0.29, 0.717) is 79.6 Å². The molecule has 83 heavy (non-hydrogen) atoms. The second-order valence-electron chi connectivity index (χ2n) is 23.0. The quantitative estimate of drug-likeness (QED) is 0.0186. The van der Waals surface area contributed by atoms with Crippen molar-refractivity contribution in [2.24, 2.45) is 23.7 Å². The molecular weight excluding hydrogens is 1080 g/mol. The number of ether oxygens (including phenoxy) is 7. The maximum atomic E-state index is 14.2. The summed E-state index contributed by atoms with van der Waals surface area (Å²) in [6, 6.07) is 19.3. The van der Waals surface area contributed by atoms with Crippen LogP contribution in [0.2, 0.25) is 0 Å². The van der Waals surface area contributed by atoms with Gasteiger partial charge in [0.05, 0.1) is 42.8 Å². The summed E-state index contributed by atoms with van der Waals surface area (Å²) >= 11 is 0. The SMILES string of the molecule is C=C(CCC[C@@H](O)C(=O)N[C@@H]1C[C@H](NC(=O)OCc2ccc(NC)cc2)[C@@H](O[C@H]2OC(CNCC3CC3)=CC[C@H]2NC(=O)PCc2ccc(N)cc2)[C@H](O)[C@H]1O[C@@H]1C[C@@H](C(C)C(=C)OC(C)(C)C)C(C)CO1)OCc1ccc(N)cc1.CC. The Hall–Kier alpha value is -5.92. The number of hydrogen-bond acceptors (Lipinski definition) is 16. The molecule has 20 heteroatoms. The molecule has 0 aromatic heterocycles. The molecule has 7 rings (SSSR count). The van der Waals surface area contributed by atoms with E-state index in [1.807, 2.05) is 96.3 Å². The number of alkyl carbamates (subject to hydrolysis) is 1. The molecule has 3 amide bonds. The lowest BCUT2D eigenvalue weighted by Gasteiger charge is -2.48. The molecule has 13 atom stereocenters. The fourth-order valence-corrected chi connectivity index (χ4v) is 11.1. The fraction of sp³-hybridized carbons (Fsp3) is 0.571. The summed E-state index contributed by atoms with van der Waals surface area (Å²) in [6.45, 7) is 24.2. The van der Waals surface area contributed by atoms with Crippen molar-refractivity contribution in [2.45, 2.75) is 180 Å². The summed E-state index contributed by atoms with van der Waals surface area (Å²) in [5.41, 5.74) is 15.8. The Morgan fingerprint density at radius 1 is 0.831 bits per heavy atom. The number of carbonyl (C=O) groups is 3. The van der Waals surface area contributed by atoms with Crippen molar-refractivity contribution in [1.29, 1.82) is 0 Å². The zero-order chi connectivity index (χ0) is 60.2. The topological polar surface area (TPSA) is 268 Å². The number of nitrogens with two attached hydrogens (primary N) is 2. The number of nitrogen functional groups attached to an aromatic ring is 2. The number of hydrogen-bond donors (Lipinski definition) is 9. The molecule has 0 spiro atoms. The second kappa shape index (κ2) is 32.4. The van der Waals surface area contributed by atoms with Crippen LogP contribution in [-0.4, -0.2) is 115 Å². The molecule has 2 aliphatic heterocycles. The van der Waals surface area contributed by atoms with Crippen molar-refractivity contribution in [3.05, 3.63) is 126 Å². The van der Waals surface area contributed by atoms with E-state index in [0.717, 1.165) is 41.8 Å². The lowest BCUT2D eigenvalue weighted by Crippen LogP contribution is -2.68. The lowest BCUT2D eigenvalue weighted by atomic mass is 9.78. The van der Waals surface area contributed by atoms with Crippen LogP contribution in [0.1, 0.15) is 117 Å². The van der Waals surface area contributed by atoms with Gasteiger partial charge < -0.3 is 81.4 Å². The number of allylic oxidation sites excluding steroid dienone is 2. The number of anilines is 3. The minimum absolute atomic E-state index is 0.00966. The molecule has 19 nitrogen and oxygen atoms in total.